The van der Waals surface area contributed by atoms with Gasteiger partial charge in [-0.1, -0.05) is 28.2 Å². The third-order valence-electron chi connectivity index (χ3n) is 4.21. The lowest BCUT2D eigenvalue weighted by Crippen LogP contribution is -2.46. The third-order valence-corrected chi connectivity index (χ3v) is 8.21. The van der Waals surface area contributed by atoms with Crippen LogP contribution in [0.1, 0.15) is 46.0 Å². The number of fused-ring (bicyclic) bond motifs is 2. The standard InChI is InChI=1S/C11H19OP/c1-10-5-4-6-11(2,13(10)3)8-9(12)7-10/h4-8H2,1-3H3. The highest BCUT2D eigenvalue weighted by Gasteiger charge is 2.51. The van der Waals surface area contributed by atoms with Crippen LogP contribution in [0.5, 0.6) is 0 Å². The van der Waals surface area contributed by atoms with Crippen molar-refractivity contribution in [3.8, 4) is 0 Å². The summed E-state index contributed by atoms with van der Waals surface area (Å²) < 4.78 is 0. The average molecular weight is 198 g/mol. The van der Waals surface area contributed by atoms with Crippen molar-refractivity contribution in [2.24, 2.45) is 0 Å². The van der Waals surface area contributed by atoms with E-state index in [9.17, 15) is 4.79 Å². The normalized spacial score (nSPS) is 50.7. The maximum atomic E-state index is 11.6. The van der Waals surface area contributed by atoms with Gasteiger partial charge in [0.05, 0.1) is 0 Å². The van der Waals surface area contributed by atoms with Gasteiger partial charge >= 0.3 is 0 Å². The maximum Gasteiger partial charge on any atom is 0.134 e. The molecule has 0 aromatic carbocycles. The van der Waals surface area contributed by atoms with Gasteiger partial charge in [0.25, 0.3) is 0 Å². The van der Waals surface area contributed by atoms with Gasteiger partial charge in [-0.15, -0.1) is 0 Å². The molecule has 2 aliphatic rings. The number of ketones is 1. The first-order chi connectivity index (χ1) is 5.96. The lowest BCUT2D eigenvalue weighted by Gasteiger charge is -2.54. The molecular weight excluding hydrogens is 179 g/mol. The van der Waals surface area contributed by atoms with E-state index in [-0.39, 0.29) is 7.92 Å². The Labute approximate surface area is 82.0 Å². The Morgan fingerprint density at radius 2 is 1.62 bits per heavy atom. The van der Waals surface area contributed by atoms with Gasteiger partial charge < -0.3 is 0 Å². The number of carbonyl (C=O) groups is 1. The van der Waals surface area contributed by atoms with Crippen LogP contribution in [0.4, 0.5) is 0 Å². The molecule has 0 spiro atoms. The molecule has 2 saturated heterocycles. The molecule has 74 valence electrons. The molecule has 0 amide bonds. The average Bonchev–Trinajstić information content (AvgIpc) is 1.97. The molecular formula is C11H19OP. The van der Waals surface area contributed by atoms with Gasteiger partial charge in [-0.05, 0) is 29.8 Å². The molecule has 2 bridgehead atoms. The first kappa shape index (κ1) is 9.65. The van der Waals surface area contributed by atoms with Crippen LogP contribution >= 0.6 is 7.92 Å². The fourth-order valence-electron chi connectivity index (χ4n) is 3.16. The lowest BCUT2D eigenvalue weighted by atomic mass is 9.84. The number of rotatable bonds is 0. The SMILES string of the molecule is CP1C2(C)CCCC1(C)CC(=O)C2. The summed E-state index contributed by atoms with van der Waals surface area (Å²) in [5.41, 5.74) is 0. The van der Waals surface area contributed by atoms with Crippen LogP contribution < -0.4 is 0 Å². The molecule has 0 aromatic heterocycles. The van der Waals surface area contributed by atoms with Crippen molar-refractivity contribution >= 4 is 13.7 Å². The van der Waals surface area contributed by atoms with Gasteiger partial charge in [0.2, 0.25) is 0 Å². The summed E-state index contributed by atoms with van der Waals surface area (Å²) in [4.78, 5) is 11.6. The largest absolute Gasteiger partial charge is 0.300 e. The highest BCUT2D eigenvalue weighted by Crippen LogP contribution is 2.68. The maximum absolute atomic E-state index is 11.6. The van der Waals surface area contributed by atoms with Crippen LogP contribution in [-0.4, -0.2) is 22.8 Å². The minimum Gasteiger partial charge on any atom is -0.300 e. The molecule has 2 fully saturated rings. The Bertz CT molecular complexity index is 228. The van der Waals surface area contributed by atoms with Gasteiger partial charge in [0.1, 0.15) is 5.78 Å². The molecule has 0 saturated carbocycles. The van der Waals surface area contributed by atoms with Crippen LogP contribution in [-0.2, 0) is 4.79 Å². The van der Waals surface area contributed by atoms with E-state index in [0.29, 0.717) is 16.1 Å². The molecule has 0 aromatic rings. The predicted octanol–water partition coefficient (Wildman–Crippen LogP) is 3.16. The summed E-state index contributed by atoms with van der Waals surface area (Å²) in [6.07, 6.45) is 5.65. The topological polar surface area (TPSA) is 17.1 Å². The van der Waals surface area contributed by atoms with Crippen molar-refractivity contribution in [1.82, 2.24) is 0 Å². The second-order valence-corrected chi connectivity index (χ2v) is 8.58. The van der Waals surface area contributed by atoms with Crippen LogP contribution in [0, 0.1) is 0 Å². The monoisotopic (exact) mass is 198 g/mol. The Hall–Kier alpha value is 0.100. The quantitative estimate of drug-likeness (QED) is 0.546. The van der Waals surface area contributed by atoms with Gasteiger partial charge in [0, 0.05) is 12.8 Å². The zero-order valence-electron chi connectivity index (χ0n) is 8.89. The molecule has 0 radical (unpaired) electrons. The summed E-state index contributed by atoms with van der Waals surface area (Å²) in [6, 6.07) is 0. The highest BCUT2D eigenvalue weighted by atomic mass is 31.1. The number of hydrogen-bond donors (Lipinski definition) is 0. The molecule has 1 nitrogen and oxygen atoms in total. The van der Waals surface area contributed by atoms with E-state index in [0.717, 1.165) is 12.8 Å². The summed E-state index contributed by atoms with van der Waals surface area (Å²) in [5, 5.41) is 0.773. The molecule has 2 heteroatoms. The number of carbonyl (C=O) groups excluding carboxylic acids is 1. The molecule has 2 rings (SSSR count). The molecule has 2 unspecified atom stereocenters. The highest BCUT2D eigenvalue weighted by molar-refractivity contribution is 7.60. The van der Waals surface area contributed by atoms with Crippen molar-refractivity contribution in [2.75, 3.05) is 6.66 Å². The van der Waals surface area contributed by atoms with Crippen LogP contribution in [0.25, 0.3) is 0 Å². The van der Waals surface area contributed by atoms with Gasteiger partial charge in [-0.3, -0.25) is 4.79 Å². The fraction of sp³-hybridized carbons (Fsp3) is 0.909. The molecule has 2 atom stereocenters. The Balaban J connectivity index is 2.34. The van der Waals surface area contributed by atoms with Crippen molar-refractivity contribution in [3.63, 3.8) is 0 Å². The van der Waals surface area contributed by atoms with Gasteiger partial charge in [0.15, 0.2) is 0 Å². The van der Waals surface area contributed by atoms with Crippen LogP contribution in [0.3, 0.4) is 0 Å². The summed E-state index contributed by atoms with van der Waals surface area (Å²) in [5.74, 6) is 0.519. The first-order valence-electron chi connectivity index (χ1n) is 5.22. The third kappa shape index (κ3) is 1.36. The van der Waals surface area contributed by atoms with Crippen molar-refractivity contribution in [3.05, 3.63) is 0 Å². The molecule has 2 aliphatic heterocycles. The zero-order valence-corrected chi connectivity index (χ0v) is 9.79. The molecule has 2 heterocycles. The Morgan fingerprint density at radius 3 is 2.08 bits per heavy atom. The zero-order chi connectivity index (χ0) is 9.69. The van der Waals surface area contributed by atoms with Crippen molar-refractivity contribution in [1.29, 1.82) is 0 Å². The Morgan fingerprint density at radius 1 is 1.15 bits per heavy atom. The minimum absolute atomic E-state index is 0.0589. The number of Topliss-reactive ketones (excluding diaryl/α,β-unsaturated/α-hetero) is 1. The van der Waals surface area contributed by atoms with E-state index in [1.165, 1.54) is 19.3 Å². The van der Waals surface area contributed by atoms with Crippen LogP contribution in [0.2, 0.25) is 0 Å². The summed E-state index contributed by atoms with van der Waals surface area (Å²) in [7, 11) is 0.0589. The van der Waals surface area contributed by atoms with E-state index in [4.69, 9.17) is 0 Å². The lowest BCUT2D eigenvalue weighted by molar-refractivity contribution is -0.121. The van der Waals surface area contributed by atoms with E-state index >= 15 is 0 Å². The van der Waals surface area contributed by atoms with Crippen molar-refractivity contribution in [2.45, 2.75) is 56.3 Å². The summed E-state index contributed by atoms with van der Waals surface area (Å²) >= 11 is 0. The second kappa shape index (κ2) is 2.79. The molecule has 13 heavy (non-hydrogen) atoms. The smallest absolute Gasteiger partial charge is 0.134 e. The van der Waals surface area contributed by atoms with Crippen molar-refractivity contribution < 1.29 is 4.79 Å². The molecule has 0 N–H and O–H groups in total. The summed E-state index contributed by atoms with van der Waals surface area (Å²) in [6.45, 7) is 7.10. The second-order valence-electron chi connectivity index (χ2n) is 5.30. The van der Waals surface area contributed by atoms with Gasteiger partial charge in [-0.2, -0.15) is 0 Å². The Kier molecular flexibility index (Phi) is 2.07. The minimum atomic E-state index is 0.0589. The van der Waals surface area contributed by atoms with E-state index in [1.54, 1.807) is 0 Å². The van der Waals surface area contributed by atoms with Crippen LogP contribution in [0.15, 0.2) is 0 Å². The van der Waals surface area contributed by atoms with E-state index < -0.39 is 0 Å². The van der Waals surface area contributed by atoms with Gasteiger partial charge in [-0.25, -0.2) is 0 Å². The first-order valence-corrected chi connectivity index (χ1v) is 7.01. The predicted molar refractivity (Wildman–Crippen MR) is 57.7 cm³/mol. The molecule has 0 aliphatic carbocycles. The van der Waals surface area contributed by atoms with E-state index in [1.807, 2.05) is 0 Å². The number of hydrogen-bond acceptors (Lipinski definition) is 1. The fourth-order valence-corrected chi connectivity index (χ4v) is 6.28. The van der Waals surface area contributed by atoms with E-state index in [2.05, 4.69) is 20.5 Å².